The largest absolute Gasteiger partial charge is 0.370 e. The first-order chi connectivity index (χ1) is 8.17. The van der Waals surface area contributed by atoms with Gasteiger partial charge in [-0.2, -0.15) is 5.10 Å². The predicted molar refractivity (Wildman–Crippen MR) is 75.0 cm³/mol. The first-order valence-electron chi connectivity index (χ1n) is 5.43. The minimum Gasteiger partial charge on any atom is -0.370 e. The van der Waals surface area contributed by atoms with Gasteiger partial charge in [-0.25, -0.2) is 9.97 Å². The number of anilines is 1. The van der Waals surface area contributed by atoms with Crippen LogP contribution in [0, 0.1) is 10.5 Å². The average molecular weight is 343 g/mol. The van der Waals surface area contributed by atoms with E-state index in [0.717, 1.165) is 27.5 Å². The molecular formula is C11H14IN5. The van der Waals surface area contributed by atoms with Crippen LogP contribution in [0.5, 0.6) is 0 Å². The van der Waals surface area contributed by atoms with Crippen molar-refractivity contribution in [3.8, 4) is 0 Å². The normalized spacial score (nSPS) is 10.5. The molecule has 0 saturated carbocycles. The molecule has 2 heterocycles. The van der Waals surface area contributed by atoms with Crippen molar-refractivity contribution >= 4 is 28.4 Å². The van der Waals surface area contributed by atoms with Crippen molar-refractivity contribution in [2.75, 3.05) is 11.9 Å². The summed E-state index contributed by atoms with van der Waals surface area (Å²) in [6.45, 7) is 5.48. The molecule has 0 aromatic carbocycles. The number of halogens is 1. The smallest absolute Gasteiger partial charge is 0.152 e. The van der Waals surface area contributed by atoms with E-state index in [9.17, 15) is 0 Å². The molecule has 1 N–H and O–H groups in total. The molecule has 90 valence electrons. The molecule has 0 spiro atoms. The number of rotatable bonds is 4. The molecule has 6 heteroatoms. The molecule has 0 aliphatic rings. The molecule has 0 saturated heterocycles. The third kappa shape index (κ3) is 3.39. The second-order valence-corrected chi connectivity index (χ2v) is 4.94. The van der Waals surface area contributed by atoms with Gasteiger partial charge in [0.1, 0.15) is 12.4 Å². The van der Waals surface area contributed by atoms with Crippen molar-refractivity contribution in [2.24, 2.45) is 0 Å². The Bertz CT molecular complexity index is 508. The molecule has 2 rings (SSSR count). The molecule has 5 nitrogen and oxygen atoms in total. The van der Waals surface area contributed by atoms with Crippen molar-refractivity contribution in [1.82, 2.24) is 19.7 Å². The monoisotopic (exact) mass is 343 g/mol. The molecule has 0 amide bonds. The van der Waals surface area contributed by atoms with Crippen LogP contribution in [0.25, 0.3) is 0 Å². The van der Waals surface area contributed by atoms with Crippen LogP contribution in [0.1, 0.15) is 18.4 Å². The van der Waals surface area contributed by atoms with Crippen molar-refractivity contribution < 1.29 is 0 Å². The topological polar surface area (TPSA) is 55.6 Å². The number of nitrogens with one attached hydrogen (secondary N) is 1. The number of hydrogen-bond acceptors (Lipinski definition) is 4. The van der Waals surface area contributed by atoms with Crippen molar-refractivity contribution in [2.45, 2.75) is 20.4 Å². The Morgan fingerprint density at radius 1 is 1.41 bits per heavy atom. The van der Waals surface area contributed by atoms with Gasteiger partial charge in [0.15, 0.2) is 5.82 Å². The van der Waals surface area contributed by atoms with E-state index < -0.39 is 0 Å². The van der Waals surface area contributed by atoms with Crippen LogP contribution in [-0.4, -0.2) is 26.3 Å². The van der Waals surface area contributed by atoms with Gasteiger partial charge in [0, 0.05) is 24.5 Å². The van der Waals surface area contributed by atoms with Crippen molar-refractivity contribution in [1.29, 1.82) is 0 Å². The lowest BCUT2D eigenvalue weighted by molar-refractivity contribution is 0.653. The fourth-order valence-electron chi connectivity index (χ4n) is 1.54. The molecule has 0 aliphatic carbocycles. The van der Waals surface area contributed by atoms with E-state index in [2.05, 4.69) is 43.0 Å². The lowest BCUT2D eigenvalue weighted by Crippen LogP contribution is -2.08. The van der Waals surface area contributed by atoms with Crippen LogP contribution < -0.4 is 5.32 Å². The lowest BCUT2D eigenvalue weighted by Gasteiger charge is -2.06. The summed E-state index contributed by atoms with van der Waals surface area (Å²) in [5.41, 5.74) is 0.966. The summed E-state index contributed by atoms with van der Waals surface area (Å²) in [6, 6.07) is 1.94. The van der Waals surface area contributed by atoms with Crippen LogP contribution in [0.2, 0.25) is 0 Å². The van der Waals surface area contributed by atoms with Crippen LogP contribution in [0.15, 0.2) is 18.5 Å². The van der Waals surface area contributed by atoms with Gasteiger partial charge >= 0.3 is 0 Å². The van der Waals surface area contributed by atoms with Gasteiger partial charge in [-0.3, -0.25) is 4.68 Å². The van der Waals surface area contributed by atoms with E-state index in [-0.39, 0.29) is 0 Å². The van der Waals surface area contributed by atoms with E-state index in [4.69, 9.17) is 0 Å². The highest BCUT2D eigenvalue weighted by Gasteiger charge is 2.03. The minimum absolute atomic E-state index is 0.600. The zero-order valence-electron chi connectivity index (χ0n) is 9.81. The average Bonchev–Trinajstić information content (AvgIpc) is 2.63. The Morgan fingerprint density at radius 2 is 2.24 bits per heavy atom. The van der Waals surface area contributed by atoms with Crippen LogP contribution >= 0.6 is 22.6 Å². The summed E-state index contributed by atoms with van der Waals surface area (Å²) in [4.78, 5) is 8.85. The molecule has 2 aromatic heterocycles. The Kier molecular flexibility index (Phi) is 3.93. The third-order valence-electron chi connectivity index (χ3n) is 2.16. The Labute approximate surface area is 114 Å². The maximum absolute atomic E-state index is 4.44. The zero-order valence-corrected chi connectivity index (χ0v) is 12.0. The van der Waals surface area contributed by atoms with Gasteiger partial charge in [-0.05, 0) is 36.4 Å². The highest BCUT2D eigenvalue weighted by atomic mass is 127. The Hall–Kier alpha value is -1.18. The molecule has 17 heavy (non-hydrogen) atoms. The zero-order chi connectivity index (χ0) is 12.3. The summed E-state index contributed by atoms with van der Waals surface area (Å²) in [5, 5.41) is 7.42. The van der Waals surface area contributed by atoms with Gasteiger partial charge in [-0.1, -0.05) is 0 Å². The minimum atomic E-state index is 0.600. The SMILES string of the molecule is CCNc1cc(C)nc(Cn2cc(I)cn2)n1. The quantitative estimate of drug-likeness (QED) is 0.864. The first kappa shape index (κ1) is 12.3. The molecule has 0 aliphatic heterocycles. The molecule has 0 atom stereocenters. The Morgan fingerprint density at radius 3 is 2.88 bits per heavy atom. The Balaban J connectivity index is 2.20. The second kappa shape index (κ2) is 5.44. The van der Waals surface area contributed by atoms with Gasteiger partial charge < -0.3 is 5.32 Å². The van der Waals surface area contributed by atoms with Crippen LogP contribution in [0.4, 0.5) is 5.82 Å². The van der Waals surface area contributed by atoms with Gasteiger partial charge in [0.05, 0.1) is 9.77 Å². The summed E-state index contributed by atoms with van der Waals surface area (Å²) >= 11 is 2.23. The van der Waals surface area contributed by atoms with Gasteiger partial charge in [0.2, 0.25) is 0 Å². The van der Waals surface area contributed by atoms with Gasteiger partial charge in [-0.15, -0.1) is 0 Å². The molecule has 0 bridgehead atoms. The van der Waals surface area contributed by atoms with E-state index in [1.54, 1.807) is 0 Å². The van der Waals surface area contributed by atoms with E-state index in [1.807, 2.05) is 37.0 Å². The maximum Gasteiger partial charge on any atom is 0.152 e. The molecule has 0 radical (unpaired) electrons. The predicted octanol–water partition coefficient (Wildman–Crippen LogP) is 2.07. The summed E-state index contributed by atoms with van der Waals surface area (Å²) < 4.78 is 2.95. The standard InChI is InChI=1S/C11H14IN5/c1-3-13-10-4-8(2)15-11(16-10)7-17-6-9(12)5-14-17/h4-6H,3,7H2,1-2H3,(H,13,15,16). The molecule has 0 fully saturated rings. The number of aryl methyl sites for hydroxylation is 1. The highest BCUT2D eigenvalue weighted by Crippen LogP contribution is 2.08. The third-order valence-corrected chi connectivity index (χ3v) is 2.72. The first-order valence-corrected chi connectivity index (χ1v) is 6.51. The van der Waals surface area contributed by atoms with Crippen molar-refractivity contribution in [3.63, 3.8) is 0 Å². The molecular weight excluding hydrogens is 329 g/mol. The summed E-state index contributed by atoms with van der Waals surface area (Å²) in [6.07, 6.45) is 3.79. The second-order valence-electron chi connectivity index (χ2n) is 3.70. The van der Waals surface area contributed by atoms with E-state index in [1.165, 1.54) is 0 Å². The maximum atomic E-state index is 4.44. The number of hydrogen-bond donors (Lipinski definition) is 1. The van der Waals surface area contributed by atoms with Crippen LogP contribution in [-0.2, 0) is 6.54 Å². The van der Waals surface area contributed by atoms with E-state index >= 15 is 0 Å². The fraction of sp³-hybridized carbons (Fsp3) is 0.364. The lowest BCUT2D eigenvalue weighted by atomic mass is 10.4. The number of nitrogens with zero attached hydrogens (tertiary/aromatic N) is 4. The van der Waals surface area contributed by atoms with Crippen molar-refractivity contribution in [3.05, 3.63) is 33.5 Å². The molecule has 0 unspecified atom stereocenters. The highest BCUT2D eigenvalue weighted by molar-refractivity contribution is 14.1. The van der Waals surface area contributed by atoms with Crippen LogP contribution in [0.3, 0.4) is 0 Å². The van der Waals surface area contributed by atoms with E-state index in [0.29, 0.717) is 6.54 Å². The summed E-state index contributed by atoms with van der Waals surface area (Å²) in [7, 11) is 0. The fourth-order valence-corrected chi connectivity index (χ4v) is 1.99. The summed E-state index contributed by atoms with van der Waals surface area (Å²) in [5.74, 6) is 1.65. The molecule has 2 aromatic rings. The number of aromatic nitrogens is 4. The van der Waals surface area contributed by atoms with Gasteiger partial charge in [0.25, 0.3) is 0 Å².